The lowest BCUT2D eigenvalue weighted by atomic mass is 10.1. The molecule has 0 radical (unpaired) electrons. The van der Waals surface area contributed by atoms with Gasteiger partial charge in [-0.3, -0.25) is 9.69 Å². The van der Waals surface area contributed by atoms with Crippen molar-refractivity contribution in [2.75, 3.05) is 13.1 Å². The molecule has 1 amide bonds. The number of amides is 1. The molecular formula is C13H15Cl2N3O. The maximum atomic E-state index is 12.2. The predicted octanol–water partition coefficient (Wildman–Crippen LogP) is 2.35. The molecule has 2 aliphatic rings. The molecule has 0 aromatic carbocycles. The summed E-state index contributed by atoms with van der Waals surface area (Å²) < 4.78 is 0. The van der Waals surface area contributed by atoms with Crippen molar-refractivity contribution in [3.05, 3.63) is 28.0 Å². The maximum Gasteiger partial charge on any atom is 0.271 e. The summed E-state index contributed by atoms with van der Waals surface area (Å²) in [4.78, 5) is 18.7. The zero-order valence-electron chi connectivity index (χ0n) is 10.4. The molecule has 2 saturated heterocycles. The third kappa shape index (κ3) is 2.57. The van der Waals surface area contributed by atoms with E-state index in [0.717, 1.165) is 25.9 Å². The van der Waals surface area contributed by atoms with Gasteiger partial charge in [0.25, 0.3) is 5.91 Å². The second-order valence-corrected chi connectivity index (χ2v) is 5.87. The van der Waals surface area contributed by atoms with Crippen molar-refractivity contribution in [3.8, 4) is 0 Å². The average Bonchev–Trinajstić information content (AvgIpc) is 2.97. The molecule has 1 aromatic heterocycles. The van der Waals surface area contributed by atoms with Gasteiger partial charge in [-0.05, 0) is 37.9 Å². The number of pyridine rings is 1. The van der Waals surface area contributed by atoms with Crippen LogP contribution in [0.15, 0.2) is 12.1 Å². The number of aromatic nitrogens is 1. The minimum absolute atomic E-state index is 0.201. The number of fused-ring (bicyclic) bond motifs is 1. The van der Waals surface area contributed by atoms with Gasteiger partial charge >= 0.3 is 0 Å². The van der Waals surface area contributed by atoms with Gasteiger partial charge in [0.1, 0.15) is 10.8 Å². The lowest BCUT2D eigenvalue weighted by Crippen LogP contribution is -2.42. The van der Waals surface area contributed by atoms with Crippen LogP contribution < -0.4 is 5.32 Å². The summed E-state index contributed by atoms with van der Waals surface area (Å²) >= 11 is 11.8. The minimum atomic E-state index is -0.230. The highest BCUT2D eigenvalue weighted by Crippen LogP contribution is 2.28. The number of nitrogens with one attached hydrogen (secondary N) is 1. The molecule has 3 heterocycles. The highest BCUT2D eigenvalue weighted by Gasteiger charge is 2.38. The molecule has 6 heteroatoms. The van der Waals surface area contributed by atoms with E-state index in [1.165, 1.54) is 6.42 Å². The number of hydrogen-bond donors (Lipinski definition) is 1. The molecular weight excluding hydrogens is 285 g/mol. The van der Waals surface area contributed by atoms with Crippen LogP contribution in [0.5, 0.6) is 0 Å². The lowest BCUT2D eigenvalue weighted by Gasteiger charge is -2.21. The number of carbonyl (C=O) groups excluding carboxylic acids is 1. The summed E-state index contributed by atoms with van der Waals surface area (Å²) in [5, 5.41) is 3.67. The lowest BCUT2D eigenvalue weighted by molar-refractivity contribution is 0.0924. The fraction of sp³-hybridized carbons (Fsp3) is 0.538. The quantitative estimate of drug-likeness (QED) is 0.853. The highest BCUT2D eigenvalue weighted by molar-refractivity contribution is 6.34. The molecule has 1 aromatic rings. The number of rotatable bonds is 2. The first-order chi connectivity index (χ1) is 9.15. The van der Waals surface area contributed by atoms with Crippen LogP contribution in [0.4, 0.5) is 0 Å². The molecule has 0 aliphatic carbocycles. The highest BCUT2D eigenvalue weighted by atomic mass is 35.5. The van der Waals surface area contributed by atoms with Gasteiger partial charge in [0, 0.05) is 18.6 Å². The normalized spacial score (nSPS) is 26.4. The maximum absolute atomic E-state index is 12.2. The topological polar surface area (TPSA) is 45.2 Å². The largest absolute Gasteiger partial charge is 0.346 e. The third-order valence-electron chi connectivity index (χ3n) is 3.95. The number of hydrogen-bond acceptors (Lipinski definition) is 3. The number of halogens is 2. The molecule has 102 valence electrons. The van der Waals surface area contributed by atoms with Gasteiger partial charge in [-0.15, -0.1) is 0 Å². The van der Waals surface area contributed by atoms with E-state index in [9.17, 15) is 4.79 Å². The Hall–Kier alpha value is -0.840. The molecule has 2 fully saturated rings. The Morgan fingerprint density at radius 1 is 1.32 bits per heavy atom. The Kier molecular flexibility index (Phi) is 3.65. The molecule has 0 spiro atoms. The van der Waals surface area contributed by atoms with E-state index in [4.69, 9.17) is 23.2 Å². The van der Waals surface area contributed by atoms with Gasteiger partial charge in [0.15, 0.2) is 0 Å². The fourth-order valence-corrected chi connectivity index (χ4v) is 3.40. The molecule has 0 saturated carbocycles. The van der Waals surface area contributed by atoms with E-state index in [2.05, 4.69) is 15.2 Å². The standard InChI is InChI=1S/C13H15Cl2N3O/c14-8-3-4-11(15)17-12(8)13(19)16-9-5-7-18-6-1-2-10(9)18/h3-4,9-10H,1-2,5-7H2,(H,16,19). The zero-order chi connectivity index (χ0) is 13.4. The van der Waals surface area contributed by atoms with Gasteiger partial charge in [0.05, 0.1) is 5.02 Å². The zero-order valence-corrected chi connectivity index (χ0v) is 11.9. The van der Waals surface area contributed by atoms with Crippen LogP contribution in [-0.2, 0) is 0 Å². The summed E-state index contributed by atoms with van der Waals surface area (Å²) in [6.07, 6.45) is 3.36. The average molecular weight is 300 g/mol. The summed E-state index contributed by atoms with van der Waals surface area (Å²) in [6.45, 7) is 2.21. The summed E-state index contributed by atoms with van der Waals surface area (Å²) in [5.74, 6) is -0.230. The van der Waals surface area contributed by atoms with Crippen molar-refractivity contribution in [3.63, 3.8) is 0 Å². The van der Waals surface area contributed by atoms with Crippen LogP contribution in [0.2, 0.25) is 10.2 Å². The van der Waals surface area contributed by atoms with E-state index in [1.54, 1.807) is 12.1 Å². The van der Waals surface area contributed by atoms with Crippen molar-refractivity contribution in [2.45, 2.75) is 31.3 Å². The van der Waals surface area contributed by atoms with Crippen molar-refractivity contribution in [1.29, 1.82) is 0 Å². The molecule has 2 aliphatic heterocycles. The SMILES string of the molecule is O=C(NC1CCN2CCCC12)c1nc(Cl)ccc1Cl. The fourth-order valence-electron chi connectivity index (χ4n) is 3.07. The van der Waals surface area contributed by atoms with Crippen molar-refractivity contribution >= 4 is 29.1 Å². The first-order valence-electron chi connectivity index (χ1n) is 6.52. The van der Waals surface area contributed by atoms with Crippen LogP contribution >= 0.6 is 23.2 Å². The number of carbonyl (C=O) groups is 1. The molecule has 2 unspecified atom stereocenters. The second kappa shape index (κ2) is 5.27. The third-order valence-corrected chi connectivity index (χ3v) is 4.47. The van der Waals surface area contributed by atoms with Crippen molar-refractivity contribution in [2.24, 2.45) is 0 Å². The molecule has 3 rings (SSSR count). The van der Waals surface area contributed by atoms with E-state index < -0.39 is 0 Å². The Labute approximate surface area is 122 Å². The summed E-state index contributed by atoms with van der Waals surface area (Å²) in [7, 11) is 0. The van der Waals surface area contributed by atoms with Gasteiger partial charge in [0.2, 0.25) is 0 Å². The van der Waals surface area contributed by atoms with Crippen LogP contribution in [0, 0.1) is 0 Å². The Morgan fingerprint density at radius 2 is 2.16 bits per heavy atom. The Morgan fingerprint density at radius 3 is 3.00 bits per heavy atom. The van der Waals surface area contributed by atoms with Gasteiger partial charge in [-0.2, -0.15) is 0 Å². The first-order valence-corrected chi connectivity index (χ1v) is 7.28. The smallest absolute Gasteiger partial charge is 0.271 e. The minimum Gasteiger partial charge on any atom is -0.346 e. The molecule has 4 nitrogen and oxygen atoms in total. The van der Waals surface area contributed by atoms with Gasteiger partial charge in [-0.1, -0.05) is 23.2 Å². The van der Waals surface area contributed by atoms with E-state index in [-0.39, 0.29) is 22.8 Å². The molecule has 19 heavy (non-hydrogen) atoms. The monoisotopic (exact) mass is 299 g/mol. The van der Waals surface area contributed by atoms with E-state index in [0.29, 0.717) is 11.1 Å². The number of nitrogens with zero attached hydrogens (tertiary/aromatic N) is 2. The first kappa shape index (κ1) is 13.2. The second-order valence-electron chi connectivity index (χ2n) is 5.08. The molecule has 0 bridgehead atoms. The van der Waals surface area contributed by atoms with Crippen LogP contribution in [0.25, 0.3) is 0 Å². The van der Waals surface area contributed by atoms with Crippen molar-refractivity contribution in [1.82, 2.24) is 15.2 Å². The molecule has 1 N–H and O–H groups in total. The van der Waals surface area contributed by atoms with Crippen LogP contribution in [0.1, 0.15) is 29.8 Å². The molecule has 2 atom stereocenters. The Balaban J connectivity index is 1.73. The van der Waals surface area contributed by atoms with Gasteiger partial charge in [-0.25, -0.2) is 4.98 Å². The van der Waals surface area contributed by atoms with Gasteiger partial charge < -0.3 is 5.32 Å². The van der Waals surface area contributed by atoms with Crippen LogP contribution in [0.3, 0.4) is 0 Å². The van der Waals surface area contributed by atoms with E-state index in [1.807, 2.05) is 0 Å². The van der Waals surface area contributed by atoms with E-state index >= 15 is 0 Å². The van der Waals surface area contributed by atoms with Crippen LogP contribution in [-0.4, -0.2) is 41.0 Å². The van der Waals surface area contributed by atoms with Crippen molar-refractivity contribution < 1.29 is 4.79 Å². The predicted molar refractivity (Wildman–Crippen MR) is 74.7 cm³/mol. The summed E-state index contributed by atoms with van der Waals surface area (Å²) in [6, 6.07) is 3.85. The summed E-state index contributed by atoms with van der Waals surface area (Å²) in [5.41, 5.74) is 0.214. The Bertz CT molecular complexity index is 509.